The number of nitrogens with zero attached hydrogens (tertiary/aromatic N) is 3. The molecule has 2 aromatic heterocycles. The highest BCUT2D eigenvalue weighted by Gasteiger charge is 2.26. The maximum absolute atomic E-state index is 12.6. The van der Waals surface area contributed by atoms with Crippen molar-refractivity contribution in [3.63, 3.8) is 0 Å². The van der Waals surface area contributed by atoms with E-state index < -0.39 is 5.60 Å². The molecule has 1 amide bonds. The number of aryl methyl sites for hydroxylation is 2. The highest BCUT2D eigenvalue weighted by atomic mass is 16.3. The second-order valence-electron chi connectivity index (χ2n) is 11.6. The van der Waals surface area contributed by atoms with Gasteiger partial charge in [0.25, 0.3) is 0 Å². The van der Waals surface area contributed by atoms with Gasteiger partial charge in [0.1, 0.15) is 0 Å². The van der Waals surface area contributed by atoms with E-state index >= 15 is 0 Å². The van der Waals surface area contributed by atoms with Gasteiger partial charge in [-0.05, 0) is 101 Å². The predicted octanol–water partition coefficient (Wildman–Crippen LogP) is 5.38. The molecule has 3 heterocycles. The third-order valence-corrected chi connectivity index (χ3v) is 7.28. The Hall–Kier alpha value is -2.70. The summed E-state index contributed by atoms with van der Waals surface area (Å²) in [6.45, 7) is 14.7. The Bertz CT molecular complexity index is 1210. The standard InChI is InChI=1S/C30H42N4O2/c1-19(2)28-25-16-23(8-9-26(25)32-29(28)24-14-20(3)31-21(4)15-24)22-10-12-34(13-11-22)17-27(35)33(7)18-30(5,6)36/h8-9,14-16,19,22,32,36H,10-13,17-18H2,1-7H3. The van der Waals surface area contributed by atoms with Gasteiger partial charge in [-0.1, -0.05) is 19.9 Å². The summed E-state index contributed by atoms with van der Waals surface area (Å²) >= 11 is 0. The lowest BCUT2D eigenvalue weighted by Gasteiger charge is -2.33. The van der Waals surface area contributed by atoms with Crippen molar-refractivity contribution in [2.24, 2.45) is 0 Å². The molecule has 0 radical (unpaired) electrons. The molecule has 0 atom stereocenters. The number of nitrogens with one attached hydrogen (secondary N) is 1. The zero-order valence-corrected chi connectivity index (χ0v) is 23.0. The average Bonchev–Trinajstić information content (AvgIpc) is 3.17. The number of hydrogen-bond acceptors (Lipinski definition) is 4. The lowest BCUT2D eigenvalue weighted by atomic mass is 9.87. The van der Waals surface area contributed by atoms with E-state index in [1.807, 2.05) is 0 Å². The quantitative estimate of drug-likeness (QED) is 0.466. The van der Waals surface area contributed by atoms with E-state index in [0.717, 1.165) is 37.3 Å². The highest BCUT2D eigenvalue weighted by Crippen LogP contribution is 2.38. The van der Waals surface area contributed by atoms with Gasteiger partial charge in [0, 0.05) is 41.4 Å². The van der Waals surface area contributed by atoms with Crippen LogP contribution in [0.1, 0.15) is 74.9 Å². The zero-order chi connectivity index (χ0) is 26.2. The van der Waals surface area contributed by atoms with Gasteiger partial charge in [-0.25, -0.2) is 0 Å². The number of pyridine rings is 1. The van der Waals surface area contributed by atoms with E-state index in [4.69, 9.17) is 0 Å². The Morgan fingerprint density at radius 1 is 1.17 bits per heavy atom. The third-order valence-electron chi connectivity index (χ3n) is 7.28. The molecule has 1 saturated heterocycles. The van der Waals surface area contributed by atoms with Crippen molar-refractivity contribution < 1.29 is 9.90 Å². The number of H-pyrrole nitrogens is 1. The van der Waals surface area contributed by atoms with Gasteiger partial charge in [-0.15, -0.1) is 0 Å². The van der Waals surface area contributed by atoms with Crippen molar-refractivity contribution in [3.8, 4) is 11.3 Å². The highest BCUT2D eigenvalue weighted by molar-refractivity contribution is 5.92. The van der Waals surface area contributed by atoms with Crippen LogP contribution in [0.4, 0.5) is 0 Å². The number of piperidine rings is 1. The molecule has 0 saturated carbocycles. The van der Waals surface area contributed by atoms with Gasteiger partial charge >= 0.3 is 0 Å². The van der Waals surface area contributed by atoms with Crippen molar-refractivity contribution in [2.75, 3.05) is 33.2 Å². The van der Waals surface area contributed by atoms with E-state index in [0.29, 0.717) is 24.9 Å². The number of rotatable bonds is 7. The smallest absolute Gasteiger partial charge is 0.236 e. The van der Waals surface area contributed by atoms with E-state index in [9.17, 15) is 9.90 Å². The lowest BCUT2D eigenvalue weighted by Crippen LogP contribution is -2.45. The van der Waals surface area contributed by atoms with Gasteiger partial charge in [0.05, 0.1) is 17.8 Å². The third kappa shape index (κ3) is 5.98. The predicted molar refractivity (Wildman–Crippen MR) is 147 cm³/mol. The van der Waals surface area contributed by atoms with Gasteiger partial charge in [-0.2, -0.15) is 0 Å². The van der Waals surface area contributed by atoms with Gasteiger partial charge in [0.2, 0.25) is 5.91 Å². The Balaban J connectivity index is 1.51. The van der Waals surface area contributed by atoms with Crippen molar-refractivity contribution >= 4 is 16.8 Å². The van der Waals surface area contributed by atoms with Crippen molar-refractivity contribution in [3.05, 3.63) is 52.8 Å². The summed E-state index contributed by atoms with van der Waals surface area (Å²) in [6.07, 6.45) is 2.09. The molecule has 0 spiro atoms. The summed E-state index contributed by atoms with van der Waals surface area (Å²) < 4.78 is 0. The maximum Gasteiger partial charge on any atom is 0.236 e. The normalized spacial score (nSPS) is 15.7. The van der Waals surface area contributed by atoms with Crippen LogP contribution in [0.2, 0.25) is 0 Å². The maximum atomic E-state index is 12.6. The number of likely N-dealkylation sites (tertiary alicyclic amines) is 1. The summed E-state index contributed by atoms with van der Waals surface area (Å²) in [5, 5.41) is 11.3. The molecule has 0 unspecified atom stereocenters. The van der Waals surface area contributed by atoms with Crippen LogP contribution in [0.25, 0.3) is 22.2 Å². The molecule has 0 bridgehead atoms. The number of carbonyl (C=O) groups excluding carboxylic acids is 1. The summed E-state index contributed by atoms with van der Waals surface area (Å²) in [4.78, 5) is 24.8. The largest absolute Gasteiger partial charge is 0.389 e. The molecule has 2 N–H and O–H groups in total. The average molecular weight is 491 g/mol. The first-order valence-electron chi connectivity index (χ1n) is 13.2. The van der Waals surface area contributed by atoms with Crippen LogP contribution in [0.5, 0.6) is 0 Å². The molecule has 1 fully saturated rings. The van der Waals surface area contributed by atoms with Gasteiger partial charge in [-0.3, -0.25) is 14.7 Å². The molecular formula is C30H42N4O2. The minimum atomic E-state index is -0.877. The summed E-state index contributed by atoms with van der Waals surface area (Å²) in [6, 6.07) is 11.2. The molecule has 6 nitrogen and oxygen atoms in total. The van der Waals surface area contributed by atoms with Crippen LogP contribution in [0.3, 0.4) is 0 Å². The fraction of sp³-hybridized carbons (Fsp3) is 0.533. The monoisotopic (exact) mass is 490 g/mol. The topological polar surface area (TPSA) is 72.5 Å². The number of aromatic nitrogens is 2. The van der Waals surface area contributed by atoms with E-state index in [-0.39, 0.29) is 5.91 Å². The fourth-order valence-corrected chi connectivity index (χ4v) is 5.70. The first-order valence-corrected chi connectivity index (χ1v) is 13.2. The number of likely N-dealkylation sites (N-methyl/N-ethyl adjacent to an activating group) is 1. The number of carbonyl (C=O) groups is 1. The molecule has 1 aliphatic heterocycles. The van der Waals surface area contributed by atoms with Gasteiger partial charge < -0.3 is 15.0 Å². The first kappa shape index (κ1) is 26.4. The molecule has 6 heteroatoms. The Kier molecular flexibility index (Phi) is 7.58. The minimum Gasteiger partial charge on any atom is -0.389 e. The van der Waals surface area contributed by atoms with Crippen LogP contribution < -0.4 is 0 Å². The number of fused-ring (bicyclic) bond motifs is 1. The first-order chi connectivity index (χ1) is 16.9. The van der Waals surface area contributed by atoms with Crippen molar-refractivity contribution in [1.82, 2.24) is 19.8 Å². The Morgan fingerprint density at radius 3 is 2.39 bits per heavy atom. The second kappa shape index (κ2) is 10.3. The molecule has 1 aromatic carbocycles. The number of benzene rings is 1. The molecule has 1 aliphatic rings. The van der Waals surface area contributed by atoms with Crippen LogP contribution in [0, 0.1) is 13.8 Å². The van der Waals surface area contributed by atoms with Crippen LogP contribution in [-0.2, 0) is 4.79 Å². The zero-order valence-electron chi connectivity index (χ0n) is 23.0. The fourth-order valence-electron chi connectivity index (χ4n) is 5.70. The van der Waals surface area contributed by atoms with Crippen LogP contribution >= 0.6 is 0 Å². The number of aliphatic hydroxyl groups is 1. The summed E-state index contributed by atoms with van der Waals surface area (Å²) in [7, 11) is 1.77. The van der Waals surface area contributed by atoms with Crippen molar-refractivity contribution in [2.45, 2.75) is 71.8 Å². The second-order valence-corrected chi connectivity index (χ2v) is 11.6. The molecule has 36 heavy (non-hydrogen) atoms. The summed E-state index contributed by atoms with van der Waals surface area (Å²) in [5.41, 5.74) is 7.55. The minimum absolute atomic E-state index is 0.0695. The number of amides is 1. The SMILES string of the molecule is Cc1cc(-c2[nH]c3ccc(C4CCN(CC(=O)N(C)CC(C)(C)O)CC4)cc3c2C(C)C)cc(C)n1. The Morgan fingerprint density at radius 2 is 1.81 bits per heavy atom. The number of hydrogen-bond donors (Lipinski definition) is 2. The molecular weight excluding hydrogens is 448 g/mol. The molecule has 3 aromatic rings. The lowest BCUT2D eigenvalue weighted by molar-refractivity contribution is -0.134. The van der Waals surface area contributed by atoms with E-state index in [1.165, 1.54) is 33.3 Å². The van der Waals surface area contributed by atoms with E-state index in [1.54, 1.807) is 25.8 Å². The van der Waals surface area contributed by atoms with Crippen LogP contribution in [0.15, 0.2) is 30.3 Å². The molecule has 0 aliphatic carbocycles. The van der Waals surface area contributed by atoms with E-state index in [2.05, 4.69) is 72.9 Å². The Labute approximate surface area is 215 Å². The van der Waals surface area contributed by atoms with Crippen LogP contribution in [-0.4, -0.2) is 69.6 Å². The number of aromatic amines is 1. The van der Waals surface area contributed by atoms with Gasteiger partial charge in [0.15, 0.2) is 0 Å². The van der Waals surface area contributed by atoms with Crippen molar-refractivity contribution in [1.29, 1.82) is 0 Å². The summed E-state index contributed by atoms with van der Waals surface area (Å²) in [5.74, 6) is 0.963. The molecule has 4 rings (SSSR count). The molecule has 194 valence electrons.